The van der Waals surface area contributed by atoms with E-state index in [0.29, 0.717) is 11.6 Å². The largest absolute Gasteiger partial charge is 0.349 e. The normalized spacial score (nSPS) is 13.2. The van der Waals surface area contributed by atoms with Crippen LogP contribution in [0, 0.1) is 13.8 Å². The van der Waals surface area contributed by atoms with Crippen molar-refractivity contribution in [2.45, 2.75) is 32.7 Å². The van der Waals surface area contributed by atoms with E-state index in [1.54, 1.807) is 37.4 Å². The van der Waals surface area contributed by atoms with E-state index in [1.165, 1.54) is 11.0 Å². The monoisotopic (exact) mass is 405 g/mol. The van der Waals surface area contributed by atoms with Crippen LogP contribution in [0.2, 0.25) is 0 Å². The Morgan fingerprint density at radius 2 is 1.67 bits per heavy atom. The molecule has 1 fully saturated rings. The lowest BCUT2D eigenvalue weighted by Crippen LogP contribution is -2.34. The molecule has 2 aromatic rings. The first-order chi connectivity index (χ1) is 14.3. The van der Waals surface area contributed by atoms with Gasteiger partial charge in [-0.2, -0.15) is 0 Å². The number of benzene rings is 2. The maximum Gasteiger partial charge on any atom is 0.251 e. The fourth-order valence-electron chi connectivity index (χ4n) is 3.02. The Kier molecular flexibility index (Phi) is 6.67. The lowest BCUT2D eigenvalue weighted by Gasteiger charge is -2.16. The van der Waals surface area contributed by atoms with Gasteiger partial charge in [0.15, 0.2) is 0 Å². The fourth-order valence-corrected chi connectivity index (χ4v) is 3.02. The molecule has 1 saturated carbocycles. The summed E-state index contributed by atoms with van der Waals surface area (Å²) in [5.41, 5.74) is 4.15. The molecule has 0 atom stereocenters. The number of likely N-dealkylation sites (N-methyl/N-ethyl adjacent to an activating group) is 1. The molecule has 2 aromatic carbocycles. The van der Waals surface area contributed by atoms with Crippen molar-refractivity contribution in [2.24, 2.45) is 0 Å². The highest BCUT2D eigenvalue weighted by molar-refractivity contribution is 5.99. The Balaban J connectivity index is 1.52. The van der Waals surface area contributed by atoms with Crippen LogP contribution in [0.25, 0.3) is 6.08 Å². The number of anilines is 1. The first-order valence-electron chi connectivity index (χ1n) is 10.0. The average molecular weight is 405 g/mol. The van der Waals surface area contributed by atoms with Crippen molar-refractivity contribution in [1.82, 2.24) is 10.2 Å². The van der Waals surface area contributed by atoms with Crippen molar-refractivity contribution < 1.29 is 14.4 Å². The minimum atomic E-state index is -0.276. The van der Waals surface area contributed by atoms with Crippen LogP contribution >= 0.6 is 0 Å². The van der Waals surface area contributed by atoms with Crippen LogP contribution < -0.4 is 10.6 Å². The van der Waals surface area contributed by atoms with Crippen LogP contribution in [-0.4, -0.2) is 42.3 Å². The molecule has 1 aliphatic rings. The molecule has 0 heterocycles. The Morgan fingerprint density at radius 1 is 1.03 bits per heavy atom. The Bertz CT molecular complexity index is 955. The highest BCUT2D eigenvalue weighted by Gasteiger charge is 2.23. The number of amides is 3. The first kappa shape index (κ1) is 21.3. The minimum absolute atomic E-state index is 0.0444. The van der Waals surface area contributed by atoms with Crippen molar-refractivity contribution in [3.63, 3.8) is 0 Å². The van der Waals surface area contributed by atoms with Gasteiger partial charge in [-0.1, -0.05) is 30.3 Å². The average Bonchev–Trinajstić information content (AvgIpc) is 3.53. The van der Waals surface area contributed by atoms with E-state index in [4.69, 9.17) is 0 Å². The molecule has 6 nitrogen and oxygen atoms in total. The molecule has 0 saturated heterocycles. The molecular formula is C24H27N3O3. The third kappa shape index (κ3) is 5.80. The third-order valence-electron chi connectivity index (χ3n) is 5.01. The van der Waals surface area contributed by atoms with Crippen LogP contribution in [0.1, 0.15) is 39.9 Å². The molecule has 6 heteroatoms. The smallest absolute Gasteiger partial charge is 0.251 e. The zero-order valence-electron chi connectivity index (χ0n) is 17.6. The number of hydrogen-bond acceptors (Lipinski definition) is 3. The van der Waals surface area contributed by atoms with Crippen LogP contribution in [0.3, 0.4) is 0 Å². The maximum atomic E-state index is 12.3. The molecular weight excluding hydrogens is 378 g/mol. The van der Waals surface area contributed by atoms with Crippen molar-refractivity contribution in [2.75, 3.05) is 18.9 Å². The number of carbonyl (C=O) groups is 3. The summed E-state index contributed by atoms with van der Waals surface area (Å²) in [5, 5.41) is 5.82. The lowest BCUT2D eigenvalue weighted by atomic mass is 10.1. The summed E-state index contributed by atoms with van der Waals surface area (Å²) in [4.78, 5) is 38.0. The molecule has 0 aliphatic heterocycles. The number of aryl methyl sites for hydroxylation is 2. The molecule has 0 unspecified atom stereocenters. The summed E-state index contributed by atoms with van der Waals surface area (Å²) < 4.78 is 0. The van der Waals surface area contributed by atoms with E-state index in [9.17, 15) is 14.4 Å². The van der Waals surface area contributed by atoms with Crippen molar-refractivity contribution in [3.8, 4) is 0 Å². The minimum Gasteiger partial charge on any atom is -0.349 e. The molecule has 1 aliphatic carbocycles. The van der Waals surface area contributed by atoms with Crippen LogP contribution in [0.5, 0.6) is 0 Å². The second kappa shape index (κ2) is 9.39. The zero-order chi connectivity index (χ0) is 21.7. The first-order valence-corrected chi connectivity index (χ1v) is 10.0. The standard InChI is InChI=1S/C24H27N3O3/c1-16-5-4-6-17(2)23(16)26-21(28)15-27(3)22(29)14-9-18-7-10-19(11-8-18)24(30)25-20-12-13-20/h4-11,14,20H,12-13,15H2,1-3H3,(H,25,30)(H,26,28)/b14-9+. The van der Waals surface area contributed by atoms with Crippen LogP contribution in [0.4, 0.5) is 5.69 Å². The molecule has 156 valence electrons. The number of nitrogens with one attached hydrogen (secondary N) is 2. The van der Waals surface area contributed by atoms with Crippen molar-refractivity contribution in [1.29, 1.82) is 0 Å². The summed E-state index contributed by atoms with van der Waals surface area (Å²) in [6.07, 6.45) is 5.19. The molecule has 3 amide bonds. The molecule has 2 N–H and O–H groups in total. The van der Waals surface area contributed by atoms with E-state index in [1.807, 2.05) is 32.0 Å². The maximum absolute atomic E-state index is 12.3. The van der Waals surface area contributed by atoms with Crippen LogP contribution in [0.15, 0.2) is 48.5 Å². The zero-order valence-corrected chi connectivity index (χ0v) is 17.6. The molecule has 0 bridgehead atoms. The fraction of sp³-hybridized carbons (Fsp3) is 0.292. The molecule has 30 heavy (non-hydrogen) atoms. The molecule has 0 aromatic heterocycles. The summed E-state index contributed by atoms with van der Waals surface area (Å²) in [5.74, 6) is -0.594. The van der Waals surface area contributed by atoms with E-state index in [2.05, 4.69) is 10.6 Å². The van der Waals surface area contributed by atoms with Gasteiger partial charge >= 0.3 is 0 Å². The Labute approximate surface area is 177 Å². The van der Waals surface area contributed by atoms with Gasteiger partial charge in [0.2, 0.25) is 11.8 Å². The van der Waals surface area contributed by atoms with E-state index < -0.39 is 0 Å². The molecule has 0 spiro atoms. The SMILES string of the molecule is Cc1cccc(C)c1NC(=O)CN(C)C(=O)/C=C/c1ccc(C(=O)NC2CC2)cc1. The van der Waals surface area contributed by atoms with Gasteiger partial charge in [0.25, 0.3) is 5.91 Å². The summed E-state index contributed by atoms with van der Waals surface area (Å²) in [6, 6.07) is 13.2. The number of rotatable bonds is 7. The van der Waals surface area contributed by atoms with Gasteiger partial charge in [-0.15, -0.1) is 0 Å². The number of carbonyl (C=O) groups excluding carboxylic acids is 3. The summed E-state index contributed by atoms with van der Waals surface area (Å²) >= 11 is 0. The third-order valence-corrected chi connectivity index (χ3v) is 5.01. The van der Waals surface area contributed by atoms with Gasteiger partial charge in [-0.05, 0) is 61.6 Å². The van der Waals surface area contributed by atoms with E-state index in [0.717, 1.165) is 35.2 Å². The second-order valence-corrected chi connectivity index (χ2v) is 7.71. The van der Waals surface area contributed by atoms with Gasteiger partial charge in [-0.25, -0.2) is 0 Å². The van der Waals surface area contributed by atoms with Crippen LogP contribution in [-0.2, 0) is 9.59 Å². The number of nitrogens with zero attached hydrogens (tertiary/aromatic N) is 1. The van der Waals surface area contributed by atoms with Gasteiger partial charge in [0.05, 0.1) is 6.54 Å². The van der Waals surface area contributed by atoms with Gasteiger partial charge in [0, 0.05) is 30.4 Å². The topological polar surface area (TPSA) is 78.5 Å². The highest BCUT2D eigenvalue weighted by atomic mass is 16.2. The molecule has 0 radical (unpaired) electrons. The summed E-state index contributed by atoms with van der Waals surface area (Å²) in [7, 11) is 1.59. The summed E-state index contributed by atoms with van der Waals surface area (Å²) in [6.45, 7) is 3.82. The van der Waals surface area contributed by atoms with Gasteiger partial charge < -0.3 is 15.5 Å². The van der Waals surface area contributed by atoms with Crippen molar-refractivity contribution >= 4 is 29.5 Å². The highest BCUT2D eigenvalue weighted by Crippen LogP contribution is 2.20. The predicted molar refractivity (Wildman–Crippen MR) is 118 cm³/mol. The Morgan fingerprint density at radius 3 is 2.27 bits per heavy atom. The van der Waals surface area contributed by atoms with Gasteiger partial charge in [-0.3, -0.25) is 14.4 Å². The number of hydrogen-bond donors (Lipinski definition) is 2. The number of para-hydroxylation sites is 1. The van der Waals surface area contributed by atoms with E-state index >= 15 is 0 Å². The quantitative estimate of drug-likeness (QED) is 0.694. The van der Waals surface area contributed by atoms with Crippen molar-refractivity contribution in [3.05, 3.63) is 70.8 Å². The predicted octanol–water partition coefficient (Wildman–Crippen LogP) is 3.31. The molecule has 3 rings (SSSR count). The second-order valence-electron chi connectivity index (χ2n) is 7.71. The Hall–Kier alpha value is -3.41. The van der Waals surface area contributed by atoms with E-state index in [-0.39, 0.29) is 24.3 Å². The van der Waals surface area contributed by atoms with Gasteiger partial charge in [0.1, 0.15) is 0 Å². The lowest BCUT2D eigenvalue weighted by molar-refractivity contribution is -0.129.